The second-order valence-electron chi connectivity index (χ2n) is 6.88. The molecule has 1 unspecified atom stereocenters. The average Bonchev–Trinajstić information content (AvgIpc) is 3.44. The van der Waals surface area contributed by atoms with Crippen LogP contribution in [0.5, 0.6) is 0 Å². The number of morpholine rings is 1. The van der Waals surface area contributed by atoms with Crippen LogP contribution < -0.4 is 10.6 Å². The smallest absolute Gasteiger partial charge is 0.243 e. The topological polar surface area (TPSA) is 78.4 Å². The highest BCUT2D eigenvalue weighted by Gasteiger charge is 2.31. The van der Waals surface area contributed by atoms with E-state index in [-0.39, 0.29) is 18.5 Å². The van der Waals surface area contributed by atoms with Crippen molar-refractivity contribution in [2.24, 2.45) is 10.9 Å². The Morgan fingerprint density at radius 3 is 2.68 bits per heavy atom. The number of carbonyl (C=O) groups is 1. The number of hydrogen-bond acceptors (Lipinski definition) is 5. The number of carbonyl (C=O) groups excluding carboxylic acids is 1. The largest absolute Gasteiger partial charge is 0.383 e. The van der Waals surface area contributed by atoms with E-state index < -0.39 is 0 Å². The predicted molar refractivity (Wildman–Crippen MR) is 97.8 cm³/mol. The van der Waals surface area contributed by atoms with Crippen LogP contribution in [-0.2, 0) is 14.3 Å². The number of aliphatic imine (C=N–C) groups is 1. The Morgan fingerprint density at radius 2 is 2.08 bits per heavy atom. The molecule has 1 aliphatic heterocycles. The van der Waals surface area contributed by atoms with Crippen molar-refractivity contribution in [2.75, 3.05) is 73.7 Å². The van der Waals surface area contributed by atoms with Crippen LogP contribution in [0.3, 0.4) is 0 Å². The van der Waals surface area contributed by atoms with E-state index in [2.05, 4.69) is 20.5 Å². The second-order valence-corrected chi connectivity index (χ2v) is 6.88. The van der Waals surface area contributed by atoms with Gasteiger partial charge in [0.25, 0.3) is 0 Å². The highest BCUT2D eigenvalue weighted by atomic mass is 16.5. The van der Waals surface area contributed by atoms with Gasteiger partial charge in [0.2, 0.25) is 5.91 Å². The van der Waals surface area contributed by atoms with E-state index >= 15 is 0 Å². The minimum atomic E-state index is -0.0102. The van der Waals surface area contributed by atoms with E-state index in [1.807, 2.05) is 0 Å². The van der Waals surface area contributed by atoms with Gasteiger partial charge in [-0.3, -0.25) is 9.69 Å². The van der Waals surface area contributed by atoms with Gasteiger partial charge in [-0.15, -0.1) is 0 Å². The van der Waals surface area contributed by atoms with Crippen molar-refractivity contribution in [2.45, 2.75) is 18.9 Å². The average molecular weight is 355 g/mol. The molecular formula is C17H33N5O3. The molecule has 0 spiro atoms. The van der Waals surface area contributed by atoms with Gasteiger partial charge in [0.05, 0.1) is 25.9 Å². The summed E-state index contributed by atoms with van der Waals surface area (Å²) in [5, 5.41) is 6.81. The van der Waals surface area contributed by atoms with Gasteiger partial charge in [0.1, 0.15) is 6.54 Å². The van der Waals surface area contributed by atoms with Crippen molar-refractivity contribution in [3.63, 3.8) is 0 Å². The summed E-state index contributed by atoms with van der Waals surface area (Å²) >= 11 is 0. The summed E-state index contributed by atoms with van der Waals surface area (Å²) in [4.78, 5) is 20.2. The number of amides is 1. The maximum Gasteiger partial charge on any atom is 0.243 e. The van der Waals surface area contributed by atoms with Crippen molar-refractivity contribution in [3.05, 3.63) is 0 Å². The minimum absolute atomic E-state index is 0.0102. The Kier molecular flexibility index (Phi) is 8.43. The molecule has 0 aromatic heterocycles. The third-order valence-corrected chi connectivity index (χ3v) is 4.55. The first kappa shape index (κ1) is 19.9. The molecule has 8 nitrogen and oxygen atoms in total. The number of likely N-dealkylation sites (N-methyl/N-ethyl adjacent to an activating group) is 1. The number of methoxy groups -OCH3 is 1. The zero-order chi connectivity index (χ0) is 18.1. The highest BCUT2D eigenvalue weighted by Crippen LogP contribution is 2.32. The summed E-state index contributed by atoms with van der Waals surface area (Å²) in [6, 6.07) is 0.245. The molecule has 1 amide bonds. The van der Waals surface area contributed by atoms with Crippen LogP contribution in [0.1, 0.15) is 12.8 Å². The molecule has 1 aliphatic carbocycles. The van der Waals surface area contributed by atoms with Crippen molar-refractivity contribution >= 4 is 11.9 Å². The Balaban J connectivity index is 1.85. The van der Waals surface area contributed by atoms with Crippen molar-refractivity contribution in [3.8, 4) is 0 Å². The van der Waals surface area contributed by atoms with Crippen molar-refractivity contribution in [1.29, 1.82) is 0 Å². The van der Waals surface area contributed by atoms with E-state index in [9.17, 15) is 4.79 Å². The van der Waals surface area contributed by atoms with Crippen LogP contribution in [-0.4, -0.2) is 101 Å². The summed E-state index contributed by atoms with van der Waals surface area (Å²) in [6.45, 7) is 6.05. The molecule has 1 heterocycles. The minimum Gasteiger partial charge on any atom is -0.383 e. The molecule has 8 heteroatoms. The first-order valence-corrected chi connectivity index (χ1v) is 9.14. The Bertz CT molecular complexity index is 434. The summed E-state index contributed by atoms with van der Waals surface area (Å²) in [7, 11) is 5.21. The number of hydrogen-bond donors (Lipinski definition) is 2. The third-order valence-electron chi connectivity index (χ3n) is 4.55. The van der Waals surface area contributed by atoms with Crippen LogP contribution in [0.4, 0.5) is 0 Å². The van der Waals surface area contributed by atoms with Crippen molar-refractivity contribution < 1.29 is 14.3 Å². The molecule has 1 atom stereocenters. The molecule has 0 aromatic rings. The normalized spacial score (nSPS) is 20.2. The standard InChI is InChI=1S/C17H33N5O3/c1-21(2)16(23)12-19-17(20-15(13-24-3)14-4-5-14)18-6-7-22-8-10-25-11-9-22/h14-15H,4-13H2,1-3H3,(H2,18,19,20). The van der Waals surface area contributed by atoms with E-state index in [0.29, 0.717) is 18.5 Å². The molecule has 0 bridgehead atoms. The van der Waals surface area contributed by atoms with Gasteiger partial charge in [0.15, 0.2) is 5.96 Å². The molecule has 1 saturated heterocycles. The summed E-state index contributed by atoms with van der Waals surface area (Å²) < 4.78 is 10.7. The molecule has 0 radical (unpaired) electrons. The van der Waals surface area contributed by atoms with Crippen LogP contribution in [0.2, 0.25) is 0 Å². The number of nitrogens with zero attached hydrogens (tertiary/aromatic N) is 3. The first-order chi connectivity index (χ1) is 12.1. The maximum absolute atomic E-state index is 11.8. The number of guanidine groups is 1. The molecule has 1 saturated carbocycles. The molecule has 25 heavy (non-hydrogen) atoms. The lowest BCUT2D eigenvalue weighted by Crippen LogP contribution is -2.49. The molecule has 2 fully saturated rings. The van der Waals surface area contributed by atoms with Crippen LogP contribution in [0, 0.1) is 5.92 Å². The Morgan fingerprint density at radius 1 is 1.36 bits per heavy atom. The third kappa shape index (κ3) is 7.58. The van der Waals surface area contributed by atoms with E-state index in [0.717, 1.165) is 39.4 Å². The number of rotatable bonds is 9. The Labute approximate surface area is 150 Å². The first-order valence-electron chi connectivity index (χ1n) is 9.14. The van der Waals surface area contributed by atoms with Gasteiger partial charge < -0.3 is 25.0 Å². The van der Waals surface area contributed by atoms with Crippen molar-refractivity contribution in [1.82, 2.24) is 20.4 Å². The summed E-state index contributed by atoms with van der Waals surface area (Å²) in [6.07, 6.45) is 2.44. The van der Waals surface area contributed by atoms with E-state index in [1.165, 1.54) is 12.8 Å². The zero-order valence-electron chi connectivity index (χ0n) is 15.8. The lowest BCUT2D eigenvalue weighted by atomic mass is 10.2. The van der Waals surface area contributed by atoms with E-state index in [4.69, 9.17) is 9.47 Å². The fraction of sp³-hybridized carbons (Fsp3) is 0.882. The van der Waals surface area contributed by atoms with E-state index in [1.54, 1.807) is 26.1 Å². The maximum atomic E-state index is 11.8. The summed E-state index contributed by atoms with van der Waals surface area (Å²) in [5.74, 6) is 1.32. The SMILES string of the molecule is COCC(NC(=NCC(=O)N(C)C)NCCN1CCOCC1)C1CC1. The zero-order valence-corrected chi connectivity index (χ0v) is 15.8. The van der Waals surface area contributed by atoms with Crippen LogP contribution in [0.15, 0.2) is 4.99 Å². The van der Waals surface area contributed by atoms with Gasteiger partial charge in [-0.2, -0.15) is 0 Å². The fourth-order valence-corrected chi connectivity index (χ4v) is 2.75. The molecular weight excluding hydrogens is 322 g/mol. The lowest BCUT2D eigenvalue weighted by molar-refractivity contribution is -0.127. The second kappa shape index (κ2) is 10.6. The Hall–Kier alpha value is -1.38. The van der Waals surface area contributed by atoms with Crippen LogP contribution >= 0.6 is 0 Å². The van der Waals surface area contributed by atoms with Gasteiger partial charge >= 0.3 is 0 Å². The quantitative estimate of drug-likeness (QED) is 0.423. The van der Waals surface area contributed by atoms with Gasteiger partial charge in [0, 0.05) is 47.4 Å². The summed E-state index contributed by atoms with van der Waals surface area (Å²) in [5.41, 5.74) is 0. The van der Waals surface area contributed by atoms with Crippen LogP contribution in [0.25, 0.3) is 0 Å². The number of ether oxygens (including phenoxy) is 2. The molecule has 0 aromatic carbocycles. The molecule has 2 rings (SSSR count). The molecule has 2 aliphatic rings. The van der Waals surface area contributed by atoms with Gasteiger partial charge in [-0.1, -0.05) is 0 Å². The number of nitrogens with one attached hydrogen (secondary N) is 2. The molecule has 144 valence electrons. The predicted octanol–water partition coefficient (Wildman–Crippen LogP) is -0.633. The highest BCUT2D eigenvalue weighted by molar-refractivity contribution is 5.85. The van der Waals surface area contributed by atoms with Gasteiger partial charge in [-0.25, -0.2) is 4.99 Å². The lowest BCUT2D eigenvalue weighted by Gasteiger charge is -2.27. The monoisotopic (exact) mass is 355 g/mol. The fourth-order valence-electron chi connectivity index (χ4n) is 2.75. The van der Waals surface area contributed by atoms with Gasteiger partial charge in [-0.05, 0) is 18.8 Å². The molecule has 2 N–H and O–H groups in total.